The SMILES string of the molecule is O=C(Cc1ccccc1)Oc1ccccc1N1C(=O)[C@H]2CC=CC[C@@H]2C1=O. The molecular weight excluding hydrogens is 342 g/mol. The van der Waals surface area contributed by atoms with Crippen molar-refractivity contribution in [2.45, 2.75) is 19.3 Å². The summed E-state index contributed by atoms with van der Waals surface area (Å²) in [7, 11) is 0. The van der Waals surface area contributed by atoms with Crippen molar-refractivity contribution in [2.75, 3.05) is 4.90 Å². The summed E-state index contributed by atoms with van der Waals surface area (Å²) in [6.45, 7) is 0. The van der Waals surface area contributed by atoms with Crippen molar-refractivity contribution >= 4 is 23.5 Å². The van der Waals surface area contributed by atoms with Crippen LogP contribution in [0.15, 0.2) is 66.7 Å². The van der Waals surface area contributed by atoms with Crippen LogP contribution in [0.5, 0.6) is 5.75 Å². The van der Waals surface area contributed by atoms with Crippen molar-refractivity contribution in [2.24, 2.45) is 11.8 Å². The van der Waals surface area contributed by atoms with Crippen molar-refractivity contribution in [3.05, 3.63) is 72.3 Å². The number of rotatable bonds is 4. The molecule has 27 heavy (non-hydrogen) atoms. The Labute approximate surface area is 157 Å². The quantitative estimate of drug-likeness (QED) is 0.363. The molecule has 1 heterocycles. The number of hydrogen-bond donors (Lipinski definition) is 0. The number of allylic oxidation sites excluding steroid dienone is 2. The van der Waals surface area contributed by atoms with E-state index in [1.54, 1.807) is 24.3 Å². The van der Waals surface area contributed by atoms with Crippen LogP contribution in [0.4, 0.5) is 5.69 Å². The highest BCUT2D eigenvalue weighted by Crippen LogP contribution is 2.40. The highest BCUT2D eigenvalue weighted by Gasteiger charge is 2.48. The van der Waals surface area contributed by atoms with Gasteiger partial charge in [-0.05, 0) is 30.5 Å². The molecule has 1 aliphatic carbocycles. The lowest BCUT2D eigenvalue weighted by Gasteiger charge is -2.18. The predicted octanol–water partition coefficient (Wildman–Crippen LogP) is 3.29. The number of hydrogen-bond acceptors (Lipinski definition) is 4. The Balaban J connectivity index is 1.57. The minimum absolute atomic E-state index is 0.117. The number of para-hydroxylation sites is 2. The Morgan fingerprint density at radius 3 is 2.15 bits per heavy atom. The second-order valence-corrected chi connectivity index (χ2v) is 6.77. The fourth-order valence-corrected chi connectivity index (χ4v) is 3.69. The van der Waals surface area contributed by atoms with Gasteiger partial charge in [0.05, 0.1) is 23.9 Å². The van der Waals surface area contributed by atoms with Gasteiger partial charge < -0.3 is 4.74 Å². The summed E-state index contributed by atoms with van der Waals surface area (Å²) >= 11 is 0. The van der Waals surface area contributed by atoms with E-state index in [1.807, 2.05) is 42.5 Å². The van der Waals surface area contributed by atoms with Gasteiger partial charge in [-0.15, -0.1) is 0 Å². The van der Waals surface area contributed by atoms with Crippen LogP contribution in [0.1, 0.15) is 18.4 Å². The molecule has 0 N–H and O–H groups in total. The number of nitrogens with zero attached hydrogens (tertiary/aromatic N) is 1. The molecule has 1 aliphatic heterocycles. The van der Waals surface area contributed by atoms with E-state index in [9.17, 15) is 14.4 Å². The number of anilines is 1. The Hall–Kier alpha value is -3.21. The average molecular weight is 361 g/mol. The van der Waals surface area contributed by atoms with Crippen molar-refractivity contribution in [3.63, 3.8) is 0 Å². The number of amides is 2. The molecule has 5 heteroatoms. The van der Waals surface area contributed by atoms with Crippen LogP contribution in [0.3, 0.4) is 0 Å². The van der Waals surface area contributed by atoms with Crippen LogP contribution in [0.25, 0.3) is 0 Å². The molecule has 2 amide bonds. The maximum Gasteiger partial charge on any atom is 0.315 e. The first kappa shape index (κ1) is 17.2. The summed E-state index contributed by atoms with van der Waals surface area (Å²) in [6.07, 6.45) is 5.15. The zero-order chi connectivity index (χ0) is 18.8. The van der Waals surface area contributed by atoms with Gasteiger partial charge >= 0.3 is 5.97 Å². The van der Waals surface area contributed by atoms with E-state index in [0.717, 1.165) is 5.56 Å². The molecule has 0 saturated carbocycles. The number of carbonyl (C=O) groups is 3. The van der Waals surface area contributed by atoms with E-state index in [1.165, 1.54) is 4.90 Å². The maximum atomic E-state index is 12.8. The monoisotopic (exact) mass is 361 g/mol. The fourth-order valence-electron chi connectivity index (χ4n) is 3.69. The standard InChI is InChI=1S/C22H19NO4/c24-20(14-15-8-2-1-3-9-15)27-19-13-7-6-12-18(19)23-21(25)16-10-4-5-11-17(16)22(23)26/h1-9,12-13,16-17H,10-11,14H2/t16-,17-/m0/s1. The second kappa shape index (κ2) is 7.19. The van der Waals surface area contributed by atoms with E-state index in [4.69, 9.17) is 4.74 Å². The van der Waals surface area contributed by atoms with Gasteiger partial charge in [0.2, 0.25) is 11.8 Å². The Morgan fingerprint density at radius 1 is 0.889 bits per heavy atom. The van der Waals surface area contributed by atoms with Gasteiger partial charge in [-0.25, -0.2) is 4.90 Å². The summed E-state index contributed by atoms with van der Waals surface area (Å²) in [5.74, 6) is -1.30. The molecule has 5 nitrogen and oxygen atoms in total. The lowest BCUT2D eigenvalue weighted by molar-refractivity contribution is -0.133. The molecule has 0 radical (unpaired) electrons. The Morgan fingerprint density at radius 2 is 1.48 bits per heavy atom. The zero-order valence-corrected chi connectivity index (χ0v) is 14.7. The highest BCUT2D eigenvalue weighted by molar-refractivity contribution is 6.23. The first-order valence-electron chi connectivity index (χ1n) is 9.01. The summed E-state index contributed by atoms with van der Waals surface area (Å²) in [5, 5.41) is 0. The van der Waals surface area contributed by atoms with Gasteiger partial charge in [0.25, 0.3) is 0 Å². The minimum atomic E-state index is -0.438. The molecule has 0 aromatic heterocycles. The summed E-state index contributed by atoms with van der Waals surface area (Å²) < 4.78 is 5.51. The summed E-state index contributed by atoms with van der Waals surface area (Å²) in [4.78, 5) is 39.2. The van der Waals surface area contributed by atoms with Gasteiger partial charge in [-0.2, -0.15) is 0 Å². The number of benzene rings is 2. The van der Waals surface area contributed by atoms with E-state index >= 15 is 0 Å². The molecule has 0 bridgehead atoms. The van der Waals surface area contributed by atoms with Crippen LogP contribution in [0.2, 0.25) is 0 Å². The second-order valence-electron chi connectivity index (χ2n) is 6.77. The number of ether oxygens (including phenoxy) is 1. The normalized spacial score (nSPS) is 21.3. The van der Waals surface area contributed by atoms with Gasteiger partial charge in [0.1, 0.15) is 0 Å². The molecular formula is C22H19NO4. The molecule has 0 spiro atoms. The fraction of sp³-hybridized carbons (Fsp3) is 0.227. The topological polar surface area (TPSA) is 63.7 Å². The highest BCUT2D eigenvalue weighted by atomic mass is 16.5. The third kappa shape index (κ3) is 3.28. The molecule has 4 rings (SSSR count). The lowest BCUT2D eigenvalue weighted by Crippen LogP contribution is -2.31. The third-order valence-electron chi connectivity index (χ3n) is 5.03. The van der Waals surface area contributed by atoms with Crippen molar-refractivity contribution in [1.29, 1.82) is 0 Å². The summed E-state index contributed by atoms with van der Waals surface area (Å²) in [6, 6.07) is 16.0. The maximum absolute atomic E-state index is 12.8. The molecule has 1 saturated heterocycles. The Kier molecular flexibility index (Phi) is 4.59. The van der Waals surface area contributed by atoms with Gasteiger partial charge in [0.15, 0.2) is 5.75 Å². The Bertz CT molecular complexity index is 893. The first-order chi connectivity index (χ1) is 13.1. The van der Waals surface area contributed by atoms with Crippen LogP contribution in [-0.2, 0) is 20.8 Å². The number of imide groups is 1. The van der Waals surface area contributed by atoms with Gasteiger partial charge in [-0.1, -0.05) is 54.6 Å². The molecule has 2 atom stereocenters. The molecule has 2 aromatic carbocycles. The molecule has 2 aromatic rings. The van der Waals surface area contributed by atoms with Gasteiger partial charge in [-0.3, -0.25) is 14.4 Å². The van der Waals surface area contributed by atoms with E-state index in [0.29, 0.717) is 18.5 Å². The number of carbonyl (C=O) groups excluding carboxylic acids is 3. The summed E-state index contributed by atoms with van der Waals surface area (Å²) in [5.41, 5.74) is 1.17. The zero-order valence-electron chi connectivity index (χ0n) is 14.7. The van der Waals surface area contributed by atoms with Gasteiger partial charge in [0, 0.05) is 0 Å². The number of esters is 1. The molecule has 2 aliphatic rings. The van der Waals surface area contributed by atoms with Crippen LogP contribution in [0, 0.1) is 11.8 Å². The predicted molar refractivity (Wildman–Crippen MR) is 100 cm³/mol. The van der Waals surface area contributed by atoms with E-state index in [2.05, 4.69) is 0 Å². The molecule has 0 unspecified atom stereocenters. The van der Waals surface area contributed by atoms with E-state index in [-0.39, 0.29) is 35.8 Å². The van der Waals surface area contributed by atoms with Crippen LogP contribution < -0.4 is 9.64 Å². The first-order valence-corrected chi connectivity index (χ1v) is 9.01. The van der Waals surface area contributed by atoms with Crippen molar-refractivity contribution in [3.8, 4) is 5.75 Å². The van der Waals surface area contributed by atoms with Crippen molar-refractivity contribution < 1.29 is 19.1 Å². The van der Waals surface area contributed by atoms with Crippen LogP contribution in [-0.4, -0.2) is 17.8 Å². The minimum Gasteiger partial charge on any atom is -0.424 e. The average Bonchev–Trinajstić information content (AvgIpc) is 2.94. The molecule has 136 valence electrons. The van der Waals surface area contributed by atoms with Crippen LogP contribution >= 0.6 is 0 Å². The number of fused-ring (bicyclic) bond motifs is 1. The lowest BCUT2D eigenvalue weighted by atomic mass is 9.85. The third-order valence-corrected chi connectivity index (χ3v) is 5.03. The molecule has 1 fully saturated rings. The smallest absolute Gasteiger partial charge is 0.315 e. The van der Waals surface area contributed by atoms with Crippen molar-refractivity contribution in [1.82, 2.24) is 0 Å². The largest absolute Gasteiger partial charge is 0.424 e. The van der Waals surface area contributed by atoms with E-state index < -0.39 is 5.97 Å².